The molecule has 1 aromatic heterocycles. The van der Waals surface area contributed by atoms with Crippen LogP contribution in [-0.4, -0.2) is 63.4 Å². The van der Waals surface area contributed by atoms with Crippen molar-refractivity contribution in [2.75, 3.05) is 46.4 Å². The Hall–Kier alpha value is -1.78. The van der Waals surface area contributed by atoms with Gasteiger partial charge in [-0.05, 0) is 30.7 Å². The predicted octanol–water partition coefficient (Wildman–Crippen LogP) is 2.75. The Labute approximate surface area is 195 Å². The molecule has 2 aromatic rings. The number of guanidine groups is 1. The van der Waals surface area contributed by atoms with Gasteiger partial charge < -0.3 is 24.5 Å². The van der Waals surface area contributed by atoms with E-state index < -0.39 is 0 Å². The van der Waals surface area contributed by atoms with Crippen LogP contribution in [0.2, 0.25) is 0 Å². The number of halogens is 1. The molecule has 1 aromatic carbocycles. The van der Waals surface area contributed by atoms with E-state index in [-0.39, 0.29) is 36.1 Å². The van der Waals surface area contributed by atoms with E-state index in [1.165, 1.54) is 5.56 Å². The van der Waals surface area contributed by atoms with Crippen LogP contribution in [-0.2, 0) is 11.2 Å². The van der Waals surface area contributed by atoms with Crippen LogP contribution in [0.4, 0.5) is 0 Å². The topological polar surface area (TPSA) is 71.3 Å². The summed E-state index contributed by atoms with van der Waals surface area (Å²) in [4.78, 5) is 6.78. The van der Waals surface area contributed by atoms with Gasteiger partial charge in [-0.3, -0.25) is 9.89 Å². The van der Waals surface area contributed by atoms with Gasteiger partial charge in [0.2, 0.25) is 0 Å². The number of furan rings is 1. The summed E-state index contributed by atoms with van der Waals surface area (Å²) in [7, 11) is 1.79. The molecule has 2 unspecified atom stereocenters. The third-order valence-electron chi connectivity index (χ3n) is 5.47. The fourth-order valence-electron chi connectivity index (χ4n) is 3.92. The highest BCUT2D eigenvalue weighted by Crippen LogP contribution is 2.27. The van der Waals surface area contributed by atoms with E-state index in [2.05, 4.69) is 38.7 Å². The molecule has 7 nitrogen and oxygen atoms in total. The van der Waals surface area contributed by atoms with E-state index >= 15 is 0 Å². The summed E-state index contributed by atoms with van der Waals surface area (Å²) in [5.41, 5.74) is 1.27. The van der Waals surface area contributed by atoms with Crippen molar-refractivity contribution in [1.82, 2.24) is 15.5 Å². The second-order valence-corrected chi connectivity index (χ2v) is 7.50. The van der Waals surface area contributed by atoms with Gasteiger partial charge in [-0.25, -0.2) is 0 Å². The average Bonchev–Trinajstić information content (AvgIpc) is 3.37. The lowest BCUT2D eigenvalue weighted by atomic mass is 10.1. The van der Waals surface area contributed by atoms with Crippen molar-refractivity contribution in [3.05, 3.63) is 53.5 Å². The maximum Gasteiger partial charge on any atom is 0.191 e. The SMILES string of the molecule is CN=C(NCC1Cc2ccccc2O1)NCC(c1ccc(C)o1)N1CCOCC1.I. The molecule has 0 saturated carbocycles. The van der Waals surface area contributed by atoms with E-state index in [9.17, 15) is 0 Å². The summed E-state index contributed by atoms with van der Waals surface area (Å²) in [5.74, 6) is 3.66. The average molecular weight is 526 g/mol. The number of hydrogen-bond donors (Lipinski definition) is 2. The normalized spacial score (nSPS) is 20.1. The van der Waals surface area contributed by atoms with E-state index in [1.54, 1.807) is 7.05 Å². The second-order valence-electron chi connectivity index (χ2n) is 7.50. The number of ether oxygens (including phenoxy) is 2. The van der Waals surface area contributed by atoms with Crippen molar-refractivity contribution >= 4 is 29.9 Å². The minimum atomic E-state index is 0. The monoisotopic (exact) mass is 526 g/mol. The van der Waals surface area contributed by atoms with Crippen LogP contribution >= 0.6 is 24.0 Å². The van der Waals surface area contributed by atoms with Crippen molar-refractivity contribution in [1.29, 1.82) is 0 Å². The molecule has 0 bridgehead atoms. The van der Waals surface area contributed by atoms with E-state index in [1.807, 2.05) is 25.1 Å². The number of benzene rings is 1. The molecule has 4 rings (SSSR count). The molecule has 2 atom stereocenters. The number of fused-ring (bicyclic) bond motifs is 1. The van der Waals surface area contributed by atoms with E-state index in [0.29, 0.717) is 13.1 Å². The van der Waals surface area contributed by atoms with Gasteiger partial charge in [0.25, 0.3) is 0 Å². The first-order chi connectivity index (χ1) is 14.2. The van der Waals surface area contributed by atoms with E-state index in [0.717, 1.165) is 56.0 Å². The standard InChI is InChI=1S/C22H30N4O3.HI/c1-16-7-8-21(28-16)19(26-9-11-27-12-10-26)15-25-22(23-2)24-14-18-13-17-5-3-4-6-20(17)29-18;/h3-8,18-19H,9-15H2,1-2H3,(H2,23,24,25);1H. The quantitative estimate of drug-likeness (QED) is 0.343. The first-order valence-electron chi connectivity index (χ1n) is 10.3. The molecule has 2 N–H and O–H groups in total. The molecule has 2 aliphatic heterocycles. The van der Waals surface area contributed by atoms with Gasteiger partial charge >= 0.3 is 0 Å². The van der Waals surface area contributed by atoms with Crippen LogP contribution in [0.1, 0.15) is 23.1 Å². The Kier molecular flexibility index (Phi) is 8.41. The number of rotatable bonds is 6. The fourth-order valence-corrected chi connectivity index (χ4v) is 3.92. The zero-order chi connectivity index (χ0) is 20.1. The molecular weight excluding hydrogens is 495 g/mol. The summed E-state index contributed by atoms with van der Waals surface area (Å²) in [5, 5.41) is 6.86. The largest absolute Gasteiger partial charge is 0.488 e. The van der Waals surface area contributed by atoms with Crippen molar-refractivity contribution in [3.63, 3.8) is 0 Å². The Balaban J connectivity index is 0.00000256. The van der Waals surface area contributed by atoms with Crippen LogP contribution in [0.15, 0.2) is 45.8 Å². The molecule has 164 valence electrons. The van der Waals surface area contributed by atoms with Gasteiger partial charge in [-0.15, -0.1) is 24.0 Å². The maximum absolute atomic E-state index is 6.01. The Morgan fingerprint density at radius 3 is 2.67 bits per heavy atom. The molecule has 0 radical (unpaired) electrons. The molecule has 0 amide bonds. The van der Waals surface area contributed by atoms with Crippen molar-refractivity contribution in [2.45, 2.75) is 25.5 Å². The third-order valence-corrected chi connectivity index (χ3v) is 5.47. The van der Waals surface area contributed by atoms with Crippen LogP contribution in [0.3, 0.4) is 0 Å². The van der Waals surface area contributed by atoms with Crippen LogP contribution < -0.4 is 15.4 Å². The van der Waals surface area contributed by atoms with Crippen LogP contribution in [0.5, 0.6) is 5.75 Å². The van der Waals surface area contributed by atoms with Crippen molar-refractivity contribution < 1.29 is 13.9 Å². The highest BCUT2D eigenvalue weighted by atomic mass is 127. The van der Waals surface area contributed by atoms with Gasteiger partial charge in [0.05, 0.1) is 25.8 Å². The first kappa shape index (κ1) is 22.9. The summed E-state index contributed by atoms with van der Waals surface area (Å²) in [6.07, 6.45) is 1.04. The molecular formula is C22H31IN4O3. The summed E-state index contributed by atoms with van der Waals surface area (Å²) >= 11 is 0. The lowest BCUT2D eigenvalue weighted by molar-refractivity contribution is 0.0124. The van der Waals surface area contributed by atoms with Crippen molar-refractivity contribution in [2.24, 2.45) is 4.99 Å². The Morgan fingerprint density at radius 1 is 1.17 bits per heavy atom. The summed E-state index contributed by atoms with van der Waals surface area (Å²) in [6, 6.07) is 12.4. The number of aryl methyl sites for hydroxylation is 1. The lowest BCUT2D eigenvalue weighted by Gasteiger charge is -2.33. The maximum atomic E-state index is 6.01. The number of nitrogens with zero attached hydrogens (tertiary/aromatic N) is 2. The molecule has 0 spiro atoms. The molecule has 2 aliphatic rings. The third kappa shape index (κ3) is 5.67. The van der Waals surface area contributed by atoms with E-state index in [4.69, 9.17) is 13.9 Å². The highest BCUT2D eigenvalue weighted by molar-refractivity contribution is 14.0. The number of nitrogens with one attached hydrogen (secondary N) is 2. The molecule has 0 aliphatic carbocycles. The summed E-state index contributed by atoms with van der Waals surface area (Å²) < 4.78 is 17.5. The number of morpholine rings is 1. The van der Waals surface area contributed by atoms with Crippen LogP contribution in [0, 0.1) is 6.92 Å². The summed E-state index contributed by atoms with van der Waals surface area (Å²) in [6.45, 7) is 6.69. The lowest BCUT2D eigenvalue weighted by Crippen LogP contribution is -2.47. The predicted molar refractivity (Wildman–Crippen MR) is 128 cm³/mol. The number of para-hydroxylation sites is 1. The van der Waals surface area contributed by atoms with Gasteiger partial charge in [0.15, 0.2) is 5.96 Å². The van der Waals surface area contributed by atoms with Crippen molar-refractivity contribution in [3.8, 4) is 5.75 Å². The number of aliphatic imine (C=N–C) groups is 1. The molecule has 30 heavy (non-hydrogen) atoms. The fraction of sp³-hybridized carbons (Fsp3) is 0.500. The smallest absolute Gasteiger partial charge is 0.191 e. The highest BCUT2D eigenvalue weighted by Gasteiger charge is 2.26. The first-order valence-corrected chi connectivity index (χ1v) is 10.3. The minimum absolute atomic E-state index is 0. The van der Waals surface area contributed by atoms with Crippen LogP contribution in [0.25, 0.3) is 0 Å². The van der Waals surface area contributed by atoms with Gasteiger partial charge in [-0.1, -0.05) is 18.2 Å². The Morgan fingerprint density at radius 2 is 1.97 bits per heavy atom. The minimum Gasteiger partial charge on any atom is -0.488 e. The Bertz CT molecular complexity index is 810. The molecule has 1 saturated heterocycles. The second kappa shape index (κ2) is 11.0. The zero-order valence-electron chi connectivity index (χ0n) is 17.6. The number of hydrogen-bond acceptors (Lipinski definition) is 5. The van der Waals surface area contributed by atoms with Gasteiger partial charge in [0, 0.05) is 33.1 Å². The van der Waals surface area contributed by atoms with Gasteiger partial charge in [0.1, 0.15) is 23.4 Å². The van der Waals surface area contributed by atoms with Gasteiger partial charge in [-0.2, -0.15) is 0 Å². The molecule has 8 heteroatoms. The zero-order valence-corrected chi connectivity index (χ0v) is 19.9. The molecule has 3 heterocycles. The molecule has 1 fully saturated rings.